The number of pyridine rings is 1. The third-order valence-corrected chi connectivity index (χ3v) is 4.68. The van der Waals surface area contributed by atoms with Crippen molar-refractivity contribution in [3.05, 3.63) is 53.3 Å². The average Bonchev–Trinajstić information content (AvgIpc) is 3.26. The predicted molar refractivity (Wildman–Crippen MR) is 97.0 cm³/mol. The number of ether oxygens (including phenoxy) is 1. The lowest BCUT2D eigenvalue weighted by Gasteiger charge is -2.32. The quantitative estimate of drug-likeness (QED) is 0.706. The Bertz CT molecular complexity index is 958. The molecular formula is C19H21N5O3. The number of amides is 1. The summed E-state index contributed by atoms with van der Waals surface area (Å²) >= 11 is 0. The van der Waals surface area contributed by atoms with E-state index in [2.05, 4.69) is 10.3 Å². The molecule has 8 nitrogen and oxygen atoms in total. The molecule has 140 valence electrons. The van der Waals surface area contributed by atoms with Crippen LogP contribution in [0.3, 0.4) is 0 Å². The number of rotatable bonds is 3. The van der Waals surface area contributed by atoms with Gasteiger partial charge in [0.05, 0.1) is 35.8 Å². The Morgan fingerprint density at radius 2 is 2.11 bits per heavy atom. The molecule has 0 spiro atoms. The molecule has 0 unspecified atom stereocenters. The van der Waals surface area contributed by atoms with Crippen LogP contribution in [0.2, 0.25) is 0 Å². The van der Waals surface area contributed by atoms with E-state index in [9.17, 15) is 4.79 Å². The molecule has 1 fully saturated rings. The number of aryl methyl sites for hydroxylation is 3. The van der Waals surface area contributed by atoms with E-state index in [1.165, 1.54) is 0 Å². The molecule has 1 aliphatic rings. The maximum Gasteiger partial charge on any atom is 0.274 e. The Labute approximate surface area is 156 Å². The van der Waals surface area contributed by atoms with E-state index < -0.39 is 0 Å². The largest absolute Gasteiger partial charge is 0.368 e. The van der Waals surface area contributed by atoms with Crippen molar-refractivity contribution in [3.63, 3.8) is 0 Å². The normalized spacial score (nSPS) is 17.3. The minimum Gasteiger partial charge on any atom is -0.368 e. The van der Waals surface area contributed by atoms with Crippen LogP contribution in [-0.2, 0) is 11.8 Å². The molecule has 4 rings (SSSR count). The fourth-order valence-corrected chi connectivity index (χ4v) is 3.32. The van der Waals surface area contributed by atoms with E-state index >= 15 is 0 Å². The van der Waals surface area contributed by atoms with Gasteiger partial charge in [0.15, 0.2) is 0 Å². The highest BCUT2D eigenvalue weighted by atomic mass is 16.5. The molecule has 0 aliphatic carbocycles. The van der Waals surface area contributed by atoms with Gasteiger partial charge in [-0.1, -0.05) is 11.2 Å². The molecule has 3 aromatic rings. The zero-order valence-corrected chi connectivity index (χ0v) is 15.5. The van der Waals surface area contributed by atoms with Gasteiger partial charge in [-0.25, -0.2) is 4.98 Å². The van der Waals surface area contributed by atoms with Gasteiger partial charge in [-0.2, -0.15) is 5.10 Å². The van der Waals surface area contributed by atoms with Crippen LogP contribution in [0.5, 0.6) is 0 Å². The topological polar surface area (TPSA) is 86.3 Å². The van der Waals surface area contributed by atoms with Crippen LogP contribution in [0.1, 0.15) is 33.7 Å². The predicted octanol–water partition coefficient (Wildman–Crippen LogP) is 2.30. The van der Waals surface area contributed by atoms with Gasteiger partial charge in [-0.05, 0) is 32.0 Å². The summed E-state index contributed by atoms with van der Waals surface area (Å²) in [5.74, 6) is 0.638. The van der Waals surface area contributed by atoms with Crippen LogP contribution in [0.25, 0.3) is 11.3 Å². The minimum absolute atomic E-state index is 0.0919. The number of hydrogen-bond donors (Lipinski definition) is 0. The summed E-state index contributed by atoms with van der Waals surface area (Å²) < 4.78 is 12.8. The Kier molecular flexibility index (Phi) is 4.49. The summed E-state index contributed by atoms with van der Waals surface area (Å²) in [7, 11) is 1.79. The highest BCUT2D eigenvalue weighted by molar-refractivity contribution is 5.92. The fourth-order valence-electron chi connectivity index (χ4n) is 3.32. The third-order valence-electron chi connectivity index (χ3n) is 4.68. The van der Waals surface area contributed by atoms with Crippen LogP contribution < -0.4 is 0 Å². The molecule has 3 aromatic heterocycles. The van der Waals surface area contributed by atoms with Crippen molar-refractivity contribution in [2.24, 2.45) is 7.05 Å². The van der Waals surface area contributed by atoms with Crippen LogP contribution >= 0.6 is 0 Å². The van der Waals surface area contributed by atoms with Crippen molar-refractivity contribution >= 4 is 5.91 Å². The SMILES string of the molecule is Cc1noc(C)c1-c1cccc([C@H]2CN(C(=O)c3ccn(C)n3)CCO2)n1. The molecular weight excluding hydrogens is 346 g/mol. The fraction of sp³-hybridized carbons (Fsp3) is 0.368. The highest BCUT2D eigenvalue weighted by Gasteiger charge is 2.28. The van der Waals surface area contributed by atoms with Crippen LogP contribution in [0, 0.1) is 13.8 Å². The van der Waals surface area contributed by atoms with E-state index in [4.69, 9.17) is 14.2 Å². The Morgan fingerprint density at radius 3 is 2.81 bits per heavy atom. The third kappa shape index (κ3) is 3.35. The second-order valence-corrected chi connectivity index (χ2v) is 6.63. The summed E-state index contributed by atoms with van der Waals surface area (Å²) in [6.45, 7) is 5.20. The van der Waals surface area contributed by atoms with E-state index in [0.717, 1.165) is 28.4 Å². The Morgan fingerprint density at radius 1 is 1.26 bits per heavy atom. The lowest BCUT2D eigenvalue weighted by atomic mass is 10.1. The van der Waals surface area contributed by atoms with Crippen molar-refractivity contribution in [2.75, 3.05) is 19.7 Å². The van der Waals surface area contributed by atoms with Crippen LogP contribution in [0.15, 0.2) is 35.0 Å². The van der Waals surface area contributed by atoms with E-state index in [1.54, 1.807) is 28.9 Å². The molecule has 0 bridgehead atoms. The molecule has 8 heteroatoms. The number of morpholine rings is 1. The van der Waals surface area contributed by atoms with Crippen LogP contribution in [0.4, 0.5) is 0 Å². The Hall–Kier alpha value is -3.00. The number of aromatic nitrogens is 4. The standard InChI is InChI=1S/C19H21N5O3/c1-12-18(13(2)27-22-12)15-6-4-5-14(20-15)17-11-24(9-10-26-17)19(25)16-7-8-23(3)21-16/h4-8,17H,9-11H2,1-3H3/t17-/m1/s1. The first kappa shape index (κ1) is 17.4. The lowest BCUT2D eigenvalue weighted by molar-refractivity contribution is -0.0248. The van der Waals surface area contributed by atoms with E-state index in [0.29, 0.717) is 25.4 Å². The van der Waals surface area contributed by atoms with Gasteiger partial charge in [-0.15, -0.1) is 0 Å². The van der Waals surface area contributed by atoms with E-state index in [-0.39, 0.29) is 12.0 Å². The summed E-state index contributed by atoms with van der Waals surface area (Å²) in [5, 5.41) is 8.20. The zero-order chi connectivity index (χ0) is 19.0. The van der Waals surface area contributed by atoms with Crippen molar-refractivity contribution < 1.29 is 14.1 Å². The van der Waals surface area contributed by atoms with E-state index in [1.807, 2.05) is 32.0 Å². The number of nitrogens with zero attached hydrogens (tertiary/aromatic N) is 5. The molecule has 1 amide bonds. The van der Waals surface area contributed by atoms with Gasteiger partial charge in [0.2, 0.25) is 0 Å². The molecule has 1 aliphatic heterocycles. The first-order valence-electron chi connectivity index (χ1n) is 8.83. The number of hydrogen-bond acceptors (Lipinski definition) is 6. The van der Waals surface area contributed by atoms with Crippen LogP contribution in [-0.4, -0.2) is 50.4 Å². The van der Waals surface area contributed by atoms with Crippen molar-refractivity contribution in [1.29, 1.82) is 0 Å². The summed E-state index contributed by atoms with van der Waals surface area (Å²) in [5.41, 5.74) is 3.71. The van der Waals surface area contributed by atoms with Gasteiger partial charge in [0, 0.05) is 19.8 Å². The molecule has 27 heavy (non-hydrogen) atoms. The number of carbonyl (C=O) groups is 1. The van der Waals surface area contributed by atoms with Gasteiger partial charge >= 0.3 is 0 Å². The first-order chi connectivity index (χ1) is 13.0. The smallest absolute Gasteiger partial charge is 0.274 e. The minimum atomic E-state index is -0.285. The number of carbonyl (C=O) groups excluding carboxylic acids is 1. The van der Waals surface area contributed by atoms with Gasteiger partial charge in [-0.3, -0.25) is 9.48 Å². The monoisotopic (exact) mass is 367 g/mol. The molecule has 0 aromatic carbocycles. The maximum absolute atomic E-state index is 12.7. The summed E-state index contributed by atoms with van der Waals surface area (Å²) in [4.78, 5) is 19.2. The second-order valence-electron chi connectivity index (χ2n) is 6.63. The van der Waals surface area contributed by atoms with Gasteiger partial charge in [0.25, 0.3) is 5.91 Å². The zero-order valence-electron chi connectivity index (χ0n) is 15.5. The van der Waals surface area contributed by atoms with Crippen molar-refractivity contribution in [3.8, 4) is 11.3 Å². The van der Waals surface area contributed by atoms with Gasteiger partial charge < -0.3 is 14.2 Å². The van der Waals surface area contributed by atoms with Crippen molar-refractivity contribution in [1.82, 2.24) is 24.8 Å². The summed E-state index contributed by atoms with van der Waals surface area (Å²) in [6, 6.07) is 7.51. The molecule has 1 atom stereocenters. The molecule has 1 saturated heterocycles. The second kappa shape index (κ2) is 6.96. The molecule has 0 N–H and O–H groups in total. The molecule has 4 heterocycles. The molecule has 0 saturated carbocycles. The van der Waals surface area contributed by atoms with Crippen molar-refractivity contribution in [2.45, 2.75) is 20.0 Å². The first-order valence-corrected chi connectivity index (χ1v) is 8.83. The summed E-state index contributed by atoms with van der Waals surface area (Å²) in [6.07, 6.45) is 1.48. The lowest BCUT2D eigenvalue weighted by Crippen LogP contribution is -2.42. The average molecular weight is 367 g/mol. The Balaban J connectivity index is 1.57. The highest BCUT2D eigenvalue weighted by Crippen LogP contribution is 2.28. The molecule has 0 radical (unpaired) electrons. The van der Waals surface area contributed by atoms with Gasteiger partial charge in [0.1, 0.15) is 17.6 Å². The maximum atomic E-state index is 12.7.